The van der Waals surface area contributed by atoms with Gasteiger partial charge in [0.15, 0.2) is 0 Å². The number of hydrogen-bond donors (Lipinski definition) is 1. The maximum absolute atomic E-state index is 4.16. The summed E-state index contributed by atoms with van der Waals surface area (Å²) in [5, 5.41) is 7.61. The summed E-state index contributed by atoms with van der Waals surface area (Å²) in [7, 11) is 4.09. The van der Waals surface area contributed by atoms with Gasteiger partial charge in [-0.1, -0.05) is 13.8 Å². The van der Waals surface area contributed by atoms with E-state index in [1.807, 2.05) is 17.9 Å². The van der Waals surface area contributed by atoms with Crippen LogP contribution >= 0.6 is 0 Å². The van der Waals surface area contributed by atoms with E-state index in [0.717, 1.165) is 32.1 Å². The second-order valence-electron chi connectivity index (χ2n) is 4.86. The van der Waals surface area contributed by atoms with Gasteiger partial charge in [0.2, 0.25) is 0 Å². The topological polar surface area (TPSA) is 33.1 Å². The van der Waals surface area contributed by atoms with Crippen LogP contribution < -0.4 is 5.32 Å². The molecule has 1 rings (SSSR count). The van der Waals surface area contributed by atoms with Gasteiger partial charge < -0.3 is 10.2 Å². The molecule has 0 radical (unpaired) electrons. The number of aromatic nitrogens is 2. The molecule has 0 aliphatic heterocycles. The fourth-order valence-corrected chi connectivity index (χ4v) is 1.60. The first-order valence-electron chi connectivity index (χ1n) is 5.94. The Kier molecular flexibility index (Phi) is 5.49. The van der Waals surface area contributed by atoms with Crippen molar-refractivity contribution in [2.24, 2.45) is 13.0 Å². The third-order valence-corrected chi connectivity index (χ3v) is 2.43. The molecule has 92 valence electrons. The summed E-state index contributed by atoms with van der Waals surface area (Å²) < 4.78 is 1.85. The predicted octanol–water partition coefficient (Wildman–Crippen LogP) is 1.10. The van der Waals surface area contributed by atoms with Gasteiger partial charge in [0.25, 0.3) is 0 Å². The van der Waals surface area contributed by atoms with Gasteiger partial charge in [-0.05, 0) is 19.5 Å². The second-order valence-corrected chi connectivity index (χ2v) is 4.86. The molecular formula is C12H24N4. The zero-order chi connectivity index (χ0) is 12.0. The molecule has 16 heavy (non-hydrogen) atoms. The number of hydrogen-bond acceptors (Lipinski definition) is 3. The van der Waals surface area contributed by atoms with Crippen molar-refractivity contribution in [2.75, 3.05) is 26.7 Å². The first-order valence-corrected chi connectivity index (χ1v) is 5.94. The number of nitrogens with zero attached hydrogens (tertiary/aromatic N) is 3. The van der Waals surface area contributed by atoms with Crippen LogP contribution in [0.1, 0.15) is 19.4 Å². The zero-order valence-electron chi connectivity index (χ0n) is 10.9. The molecule has 0 aliphatic rings. The third kappa shape index (κ3) is 5.28. The van der Waals surface area contributed by atoms with E-state index >= 15 is 0 Å². The van der Waals surface area contributed by atoms with Crippen LogP contribution in [0.5, 0.6) is 0 Å². The second kappa shape index (κ2) is 6.66. The molecule has 0 spiro atoms. The summed E-state index contributed by atoms with van der Waals surface area (Å²) in [5.41, 5.74) is 1.27. The molecule has 0 fully saturated rings. The van der Waals surface area contributed by atoms with Gasteiger partial charge in [0.1, 0.15) is 0 Å². The molecule has 4 heteroatoms. The third-order valence-electron chi connectivity index (χ3n) is 2.43. The summed E-state index contributed by atoms with van der Waals surface area (Å²) in [5.74, 6) is 0.726. The van der Waals surface area contributed by atoms with Crippen LogP contribution in [0.3, 0.4) is 0 Å². The molecule has 0 aromatic carbocycles. The van der Waals surface area contributed by atoms with Gasteiger partial charge in [-0.3, -0.25) is 4.68 Å². The summed E-state index contributed by atoms with van der Waals surface area (Å²) in [6.45, 7) is 8.65. The highest BCUT2D eigenvalue weighted by Gasteiger charge is 2.02. The summed E-state index contributed by atoms with van der Waals surface area (Å²) in [6.07, 6.45) is 4.00. The van der Waals surface area contributed by atoms with E-state index in [1.54, 1.807) is 0 Å². The van der Waals surface area contributed by atoms with Crippen molar-refractivity contribution in [1.29, 1.82) is 0 Å². The standard InChI is InChI=1S/C12H24N4/c1-11(2)7-13-5-6-15(3)9-12-8-14-16(4)10-12/h8,10-11,13H,5-7,9H2,1-4H3. The summed E-state index contributed by atoms with van der Waals surface area (Å²) >= 11 is 0. The van der Waals surface area contributed by atoms with Crippen molar-refractivity contribution in [1.82, 2.24) is 20.0 Å². The highest BCUT2D eigenvalue weighted by molar-refractivity contribution is 5.02. The van der Waals surface area contributed by atoms with Crippen LogP contribution in [0, 0.1) is 5.92 Å². The van der Waals surface area contributed by atoms with E-state index in [2.05, 4.69) is 42.4 Å². The van der Waals surface area contributed by atoms with Gasteiger partial charge in [-0.2, -0.15) is 5.10 Å². The van der Waals surface area contributed by atoms with Crippen LogP contribution in [-0.4, -0.2) is 41.4 Å². The average molecular weight is 224 g/mol. The molecular weight excluding hydrogens is 200 g/mol. The lowest BCUT2D eigenvalue weighted by molar-refractivity contribution is 0.321. The van der Waals surface area contributed by atoms with E-state index in [0.29, 0.717) is 0 Å². The van der Waals surface area contributed by atoms with Crippen molar-refractivity contribution in [3.05, 3.63) is 18.0 Å². The lowest BCUT2D eigenvalue weighted by Crippen LogP contribution is -2.30. The van der Waals surface area contributed by atoms with Crippen LogP contribution in [0.4, 0.5) is 0 Å². The smallest absolute Gasteiger partial charge is 0.0534 e. The molecule has 0 unspecified atom stereocenters. The lowest BCUT2D eigenvalue weighted by atomic mass is 10.2. The molecule has 1 N–H and O–H groups in total. The van der Waals surface area contributed by atoms with E-state index in [4.69, 9.17) is 0 Å². The molecule has 1 heterocycles. The number of nitrogens with one attached hydrogen (secondary N) is 1. The number of rotatable bonds is 7. The van der Waals surface area contributed by atoms with Crippen molar-refractivity contribution in [3.63, 3.8) is 0 Å². The molecule has 1 aromatic heterocycles. The quantitative estimate of drug-likeness (QED) is 0.704. The van der Waals surface area contributed by atoms with Gasteiger partial charge in [-0.25, -0.2) is 0 Å². The molecule has 4 nitrogen and oxygen atoms in total. The first-order chi connectivity index (χ1) is 7.58. The highest BCUT2D eigenvalue weighted by atomic mass is 15.2. The van der Waals surface area contributed by atoms with Crippen LogP contribution in [0.2, 0.25) is 0 Å². The molecule has 0 amide bonds. The SMILES string of the molecule is CC(C)CNCCN(C)Cc1cnn(C)c1. The number of aryl methyl sites for hydroxylation is 1. The molecule has 0 saturated heterocycles. The Morgan fingerprint density at radius 2 is 2.25 bits per heavy atom. The monoisotopic (exact) mass is 224 g/mol. The maximum atomic E-state index is 4.16. The Bertz CT molecular complexity index is 293. The van der Waals surface area contributed by atoms with Crippen molar-refractivity contribution >= 4 is 0 Å². The molecule has 0 saturated carbocycles. The Hall–Kier alpha value is -0.870. The van der Waals surface area contributed by atoms with Gasteiger partial charge in [0.05, 0.1) is 6.20 Å². The number of likely N-dealkylation sites (N-methyl/N-ethyl adjacent to an activating group) is 1. The van der Waals surface area contributed by atoms with E-state index in [1.165, 1.54) is 5.56 Å². The highest BCUT2D eigenvalue weighted by Crippen LogP contribution is 2.00. The molecule has 1 aromatic rings. The fourth-order valence-electron chi connectivity index (χ4n) is 1.60. The fraction of sp³-hybridized carbons (Fsp3) is 0.750. The maximum Gasteiger partial charge on any atom is 0.0534 e. The minimum atomic E-state index is 0.726. The molecule has 0 atom stereocenters. The summed E-state index contributed by atoms with van der Waals surface area (Å²) in [4.78, 5) is 2.31. The zero-order valence-corrected chi connectivity index (χ0v) is 10.9. The van der Waals surface area contributed by atoms with E-state index < -0.39 is 0 Å². The van der Waals surface area contributed by atoms with Gasteiger partial charge in [-0.15, -0.1) is 0 Å². The summed E-state index contributed by atoms with van der Waals surface area (Å²) in [6, 6.07) is 0. The van der Waals surface area contributed by atoms with Crippen LogP contribution in [-0.2, 0) is 13.6 Å². The minimum absolute atomic E-state index is 0.726. The van der Waals surface area contributed by atoms with E-state index in [9.17, 15) is 0 Å². The molecule has 0 bridgehead atoms. The minimum Gasteiger partial charge on any atom is -0.315 e. The Morgan fingerprint density at radius 1 is 1.50 bits per heavy atom. The predicted molar refractivity (Wildman–Crippen MR) is 67.2 cm³/mol. The van der Waals surface area contributed by atoms with Crippen molar-refractivity contribution < 1.29 is 0 Å². The van der Waals surface area contributed by atoms with Crippen LogP contribution in [0.15, 0.2) is 12.4 Å². The average Bonchev–Trinajstić information content (AvgIpc) is 2.58. The van der Waals surface area contributed by atoms with Gasteiger partial charge >= 0.3 is 0 Å². The Morgan fingerprint density at radius 3 is 2.81 bits per heavy atom. The van der Waals surface area contributed by atoms with Crippen molar-refractivity contribution in [2.45, 2.75) is 20.4 Å². The Labute approximate surface area is 98.6 Å². The van der Waals surface area contributed by atoms with Gasteiger partial charge in [0, 0.05) is 38.4 Å². The van der Waals surface area contributed by atoms with Crippen molar-refractivity contribution in [3.8, 4) is 0 Å². The Balaban J connectivity index is 2.13. The van der Waals surface area contributed by atoms with Crippen LogP contribution in [0.25, 0.3) is 0 Å². The molecule has 0 aliphatic carbocycles. The largest absolute Gasteiger partial charge is 0.315 e. The van der Waals surface area contributed by atoms with E-state index in [-0.39, 0.29) is 0 Å². The lowest BCUT2D eigenvalue weighted by Gasteiger charge is -2.16. The first kappa shape index (κ1) is 13.2. The normalized spacial score (nSPS) is 11.6.